The molecule has 2 atom stereocenters. The fourth-order valence-electron chi connectivity index (χ4n) is 3.59. The average Bonchev–Trinajstić information content (AvgIpc) is 2.87. The molecule has 2 aliphatic heterocycles. The SMILES string of the molecule is COC(=O)C1(CC2CCN(C(C)C)C2)CCCCN1. The van der Waals surface area contributed by atoms with Gasteiger partial charge < -0.3 is 15.0 Å². The molecule has 2 fully saturated rings. The Morgan fingerprint density at radius 2 is 2.26 bits per heavy atom. The van der Waals surface area contributed by atoms with Crippen molar-refractivity contribution in [2.75, 3.05) is 26.7 Å². The van der Waals surface area contributed by atoms with Gasteiger partial charge in [0.25, 0.3) is 0 Å². The monoisotopic (exact) mass is 268 g/mol. The Balaban J connectivity index is 1.99. The molecule has 0 aliphatic carbocycles. The second-order valence-electron chi connectivity index (χ2n) is 6.41. The second kappa shape index (κ2) is 6.23. The van der Waals surface area contributed by atoms with Crippen molar-refractivity contribution in [2.24, 2.45) is 5.92 Å². The van der Waals surface area contributed by atoms with Crippen LogP contribution < -0.4 is 5.32 Å². The normalized spacial score (nSPS) is 32.7. The van der Waals surface area contributed by atoms with Crippen LogP contribution in [-0.4, -0.2) is 49.2 Å². The van der Waals surface area contributed by atoms with Crippen LogP contribution >= 0.6 is 0 Å². The Labute approximate surface area is 116 Å². The Hall–Kier alpha value is -0.610. The van der Waals surface area contributed by atoms with E-state index in [2.05, 4.69) is 24.1 Å². The third-order valence-corrected chi connectivity index (χ3v) is 4.75. The minimum atomic E-state index is -0.412. The van der Waals surface area contributed by atoms with E-state index in [1.165, 1.54) is 26.5 Å². The number of carbonyl (C=O) groups excluding carboxylic acids is 1. The maximum atomic E-state index is 12.2. The standard InChI is InChI=1S/C15H28N2O2/c1-12(2)17-9-6-13(11-17)10-15(14(18)19-3)7-4-5-8-16-15/h12-13,16H,4-11H2,1-3H3. The van der Waals surface area contributed by atoms with Gasteiger partial charge in [-0.1, -0.05) is 0 Å². The first kappa shape index (κ1) is 14.8. The molecule has 2 heterocycles. The van der Waals surface area contributed by atoms with Gasteiger partial charge in [-0.25, -0.2) is 0 Å². The van der Waals surface area contributed by atoms with E-state index in [1.807, 2.05) is 0 Å². The van der Waals surface area contributed by atoms with Crippen molar-refractivity contribution >= 4 is 5.97 Å². The highest BCUT2D eigenvalue weighted by molar-refractivity contribution is 5.81. The maximum Gasteiger partial charge on any atom is 0.326 e. The highest BCUT2D eigenvalue weighted by atomic mass is 16.5. The van der Waals surface area contributed by atoms with E-state index >= 15 is 0 Å². The number of hydrogen-bond acceptors (Lipinski definition) is 4. The summed E-state index contributed by atoms with van der Waals surface area (Å²) in [4.78, 5) is 14.7. The first-order chi connectivity index (χ1) is 9.07. The van der Waals surface area contributed by atoms with Crippen molar-refractivity contribution in [3.8, 4) is 0 Å². The minimum Gasteiger partial charge on any atom is -0.468 e. The molecule has 2 rings (SSSR count). The molecular weight excluding hydrogens is 240 g/mol. The summed E-state index contributed by atoms with van der Waals surface area (Å²) in [6, 6.07) is 0.610. The van der Waals surface area contributed by atoms with Crippen LogP contribution in [0, 0.1) is 5.92 Å². The lowest BCUT2D eigenvalue weighted by Gasteiger charge is -2.37. The molecule has 0 bridgehead atoms. The predicted molar refractivity (Wildman–Crippen MR) is 76.0 cm³/mol. The fourth-order valence-corrected chi connectivity index (χ4v) is 3.59. The molecule has 4 heteroatoms. The van der Waals surface area contributed by atoms with Crippen molar-refractivity contribution in [1.82, 2.24) is 10.2 Å². The number of methoxy groups -OCH3 is 1. The van der Waals surface area contributed by atoms with E-state index in [4.69, 9.17) is 4.74 Å². The summed E-state index contributed by atoms with van der Waals surface area (Å²) in [6.07, 6.45) is 5.36. The summed E-state index contributed by atoms with van der Waals surface area (Å²) < 4.78 is 5.06. The zero-order valence-corrected chi connectivity index (χ0v) is 12.6. The largest absolute Gasteiger partial charge is 0.468 e. The lowest BCUT2D eigenvalue weighted by Crippen LogP contribution is -2.56. The average molecular weight is 268 g/mol. The van der Waals surface area contributed by atoms with Crippen molar-refractivity contribution in [2.45, 2.75) is 57.5 Å². The number of rotatable bonds is 4. The van der Waals surface area contributed by atoms with Crippen molar-refractivity contribution < 1.29 is 9.53 Å². The summed E-state index contributed by atoms with van der Waals surface area (Å²) in [5, 5.41) is 3.46. The smallest absolute Gasteiger partial charge is 0.326 e. The molecule has 4 nitrogen and oxygen atoms in total. The van der Waals surface area contributed by atoms with Gasteiger partial charge in [-0.05, 0) is 65.0 Å². The topological polar surface area (TPSA) is 41.6 Å². The molecule has 0 spiro atoms. The van der Waals surface area contributed by atoms with Gasteiger partial charge in [-0.2, -0.15) is 0 Å². The van der Waals surface area contributed by atoms with Gasteiger partial charge in [0.1, 0.15) is 5.54 Å². The molecular formula is C15H28N2O2. The number of esters is 1. The van der Waals surface area contributed by atoms with Crippen molar-refractivity contribution in [1.29, 1.82) is 0 Å². The third kappa shape index (κ3) is 3.29. The number of carbonyl (C=O) groups is 1. The number of nitrogens with zero attached hydrogens (tertiary/aromatic N) is 1. The number of likely N-dealkylation sites (tertiary alicyclic amines) is 1. The molecule has 0 amide bonds. The summed E-state index contributed by atoms with van der Waals surface area (Å²) >= 11 is 0. The Bertz CT molecular complexity index is 311. The van der Waals surface area contributed by atoms with Gasteiger partial charge >= 0.3 is 5.97 Å². The molecule has 0 aromatic rings. The highest BCUT2D eigenvalue weighted by Crippen LogP contribution is 2.32. The van der Waals surface area contributed by atoms with E-state index in [-0.39, 0.29) is 5.97 Å². The van der Waals surface area contributed by atoms with E-state index in [0.717, 1.165) is 32.4 Å². The van der Waals surface area contributed by atoms with E-state index in [9.17, 15) is 4.79 Å². The van der Waals surface area contributed by atoms with Gasteiger partial charge in [-0.15, -0.1) is 0 Å². The van der Waals surface area contributed by atoms with E-state index < -0.39 is 5.54 Å². The molecule has 0 aromatic carbocycles. The van der Waals surface area contributed by atoms with Crippen LogP contribution in [0.3, 0.4) is 0 Å². The van der Waals surface area contributed by atoms with Crippen LogP contribution in [0.15, 0.2) is 0 Å². The second-order valence-corrected chi connectivity index (χ2v) is 6.41. The van der Waals surface area contributed by atoms with Crippen LogP contribution in [0.4, 0.5) is 0 Å². The van der Waals surface area contributed by atoms with Gasteiger partial charge in [0, 0.05) is 12.6 Å². The lowest BCUT2D eigenvalue weighted by molar-refractivity contribution is -0.150. The van der Waals surface area contributed by atoms with Gasteiger partial charge in [0.05, 0.1) is 7.11 Å². The quantitative estimate of drug-likeness (QED) is 0.789. The fraction of sp³-hybridized carbons (Fsp3) is 0.933. The summed E-state index contributed by atoms with van der Waals surface area (Å²) in [5.41, 5.74) is -0.412. The highest BCUT2D eigenvalue weighted by Gasteiger charge is 2.43. The Morgan fingerprint density at radius 1 is 1.47 bits per heavy atom. The molecule has 2 aliphatic rings. The predicted octanol–water partition coefficient (Wildman–Crippen LogP) is 1.79. The maximum absolute atomic E-state index is 12.2. The lowest BCUT2D eigenvalue weighted by atomic mass is 9.80. The molecule has 0 aromatic heterocycles. The molecule has 2 saturated heterocycles. The molecule has 0 radical (unpaired) electrons. The van der Waals surface area contributed by atoms with Gasteiger partial charge in [0.15, 0.2) is 0 Å². The Morgan fingerprint density at radius 3 is 2.79 bits per heavy atom. The molecule has 0 saturated carbocycles. The van der Waals surface area contributed by atoms with Crippen LogP contribution in [0.1, 0.15) is 46.0 Å². The third-order valence-electron chi connectivity index (χ3n) is 4.75. The van der Waals surface area contributed by atoms with Crippen molar-refractivity contribution in [3.63, 3.8) is 0 Å². The van der Waals surface area contributed by atoms with Crippen molar-refractivity contribution in [3.05, 3.63) is 0 Å². The van der Waals surface area contributed by atoms with E-state index in [1.54, 1.807) is 0 Å². The van der Waals surface area contributed by atoms with E-state index in [0.29, 0.717) is 12.0 Å². The number of nitrogens with one attached hydrogen (secondary N) is 1. The van der Waals surface area contributed by atoms with Crippen LogP contribution in [0.25, 0.3) is 0 Å². The van der Waals surface area contributed by atoms with Crippen LogP contribution in [-0.2, 0) is 9.53 Å². The number of ether oxygens (including phenoxy) is 1. The number of hydrogen-bond donors (Lipinski definition) is 1. The number of piperidine rings is 1. The van der Waals surface area contributed by atoms with Gasteiger partial charge in [-0.3, -0.25) is 4.79 Å². The zero-order valence-electron chi connectivity index (χ0n) is 12.6. The molecule has 1 N–H and O–H groups in total. The molecule has 19 heavy (non-hydrogen) atoms. The zero-order chi connectivity index (χ0) is 13.9. The summed E-state index contributed by atoms with van der Waals surface area (Å²) in [7, 11) is 1.51. The van der Waals surface area contributed by atoms with Crippen LogP contribution in [0.5, 0.6) is 0 Å². The minimum absolute atomic E-state index is 0.0600. The first-order valence-electron chi connectivity index (χ1n) is 7.65. The van der Waals surface area contributed by atoms with Gasteiger partial charge in [0.2, 0.25) is 0 Å². The first-order valence-corrected chi connectivity index (χ1v) is 7.65. The summed E-state index contributed by atoms with van der Waals surface area (Å²) in [6.45, 7) is 7.72. The van der Waals surface area contributed by atoms with Crippen LogP contribution in [0.2, 0.25) is 0 Å². The Kier molecular flexibility index (Phi) is 4.85. The molecule has 110 valence electrons. The summed E-state index contributed by atoms with van der Waals surface area (Å²) in [5.74, 6) is 0.558. The molecule has 2 unspecified atom stereocenters.